The van der Waals surface area contributed by atoms with Crippen LogP contribution >= 0.6 is 0 Å². The molecule has 0 radical (unpaired) electrons. The van der Waals surface area contributed by atoms with Crippen LogP contribution in [0.3, 0.4) is 0 Å². The molecule has 2 rings (SSSR count). The highest BCUT2D eigenvalue weighted by atomic mass is 16.2. The van der Waals surface area contributed by atoms with E-state index in [1.165, 1.54) is 0 Å². The van der Waals surface area contributed by atoms with Crippen LogP contribution in [-0.4, -0.2) is 71.9 Å². The van der Waals surface area contributed by atoms with Gasteiger partial charge in [0.15, 0.2) is 0 Å². The Balaban J connectivity index is 1.80. The zero-order valence-corrected chi connectivity index (χ0v) is 13.5. The Labute approximate surface area is 127 Å². The van der Waals surface area contributed by atoms with Crippen LogP contribution in [0.4, 0.5) is 4.79 Å². The molecule has 0 aromatic rings. The van der Waals surface area contributed by atoms with Crippen molar-refractivity contribution < 1.29 is 9.59 Å². The van der Waals surface area contributed by atoms with Crippen LogP contribution in [0.2, 0.25) is 0 Å². The second-order valence-corrected chi connectivity index (χ2v) is 7.13. The van der Waals surface area contributed by atoms with E-state index in [0.717, 1.165) is 52.1 Å². The molecule has 2 fully saturated rings. The van der Waals surface area contributed by atoms with E-state index < -0.39 is 0 Å². The van der Waals surface area contributed by atoms with E-state index in [-0.39, 0.29) is 17.4 Å². The van der Waals surface area contributed by atoms with Crippen molar-refractivity contribution in [2.45, 2.75) is 39.7 Å². The molecule has 0 saturated carbocycles. The third kappa shape index (κ3) is 3.87. The Morgan fingerprint density at radius 2 is 1.43 bits per heavy atom. The van der Waals surface area contributed by atoms with E-state index in [1.54, 1.807) is 4.90 Å². The van der Waals surface area contributed by atoms with Crippen molar-refractivity contribution in [1.82, 2.24) is 14.7 Å². The predicted octanol–water partition coefficient (Wildman–Crippen LogP) is 0.720. The number of hydrogen-bond acceptors (Lipinski definition) is 3. The van der Waals surface area contributed by atoms with Gasteiger partial charge in [0.05, 0.1) is 0 Å². The normalized spacial score (nSPS) is 22.4. The number of nitrogens with two attached hydrogens (primary N) is 1. The van der Waals surface area contributed by atoms with E-state index in [9.17, 15) is 9.59 Å². The molecule has 120 valence electrons. The predicted molar refractivity (Wildman–Crippen MR) is 81.8 cm³/mol. The molecule has 0 aromatic carbocycles. The molecular weight excluding hydrogens is 268 g/mol. The quantitative estimate of drug-likeness (QED) is 0.775. The third-order valence-corrected chi connectivity index (χ3v) is 4.54. The second kappa shape index (κ2) is 6.22. The molecule has 6 nitrogen and oxygen atoms in total. The third-order valence-electron chi connectivity index (χ3n) is 4.54. The fourth-order valence-electron chi connectivity index (χ4n) is 3.22. The lowest BCUT2D eigenvalue weighted by molar-refractivity contribution is -0.141. The van der Waals surface area contributed by atoms with Crippen molar-refractivity contribution >= 4 is 11.9 Å². The highest BCUT2D eigenvalue weighted by Crippen LogP contribution is 2.21. The van der Waals surface area contributed by atoms with Crippen molar-refractivity contribution in [3.8, 4) is 0 Å². The van der Waals surface area contributed by atoms with E-state index in [4.69, 9.17) is 5.73 Å². The van der Waals surface area contributed by atoms with Gasteiger partial charge in [0.2, 0.25) is 5.91 Å². The fraction of sp³-hybridized carbons (Fsp3) is 0.867. The summed E-state index contributed by atoms with van der Waals surface area (Å²) in [6.07, 6.45) is 1.96. The van der Waals surface area contributed by atoms with Crippen molar-refractivity contribution in [2.24, 2.45) is 11.1 Å². The number of hydrogen-bond donors (Lipinski definition) is 1. The molecular formula is C15H28N4O2. The maximum Gasteiger partial charge on any atom is 0.314 e. The summed E-state index contributed by atoms with van der Waals surface area (Å²) in [6.45, 7) is 10.9. The van der Waals surface area contributed by atoms with Gasteiger partial charge in [-0.3, -0.25) is 9.69 Å². The minimum Gasteiger partial charge on any atom is -0.351 e. The summed E-state index contributed by atoms with van der Waals surface area (Å²) in [7, 11) is 0. The molecule has 6 heteroatoms. The van der Waals surface area contributed by atoms with Crippen LogP contribution in [0, 0.1) is 5.41 Å². The Morgan fingerprint density at radius 3 is 1.86 bits per heavy atom. The van der Waals surface area contributed by atoms with Gasteiger partial charge in [-0.25, -0.2) is 4.79 Å². The summed E-state index contributed by atoms with van der Waals surface area (Å²) in [6, 6.07) is 0.210. The smallest absolute Gasteiger partial charge is 0.314 e. The summed E-state index contributed by atoms with van der Waals surface area (Å²) in [5.74, 6) is 0.241. The van der Waals surface area contributed by atoms with Crippen LogP contribution < -0.4 is 5.73 Å². The van der Waals surface area contributed by atoms with Gasteiger partial charge >= 0.3 is 6.03 Å². The molecule has 21 heavy (non-hydrogen) atoms. The minimum atomic E-state index is -0.311. The number of amides is 3. The van der Waals surface area contributed by atoms with Crippen LogP contribution in [0.1, 0.15) is 33.6 Å². The molecule has 3 amide bonds. The van der Waals surface area contributed by atoms with Crippen LogP contribution in [0.25, 0.3) is 0 Å². The average Bonchev–Trinajstić information content (AvgIpc) is 2.46. The maximum atomic E-state index is 12.3. The van der Waals surface area contributed by atoms with Crippen LogP contribution in [0.15, 0.2) is 0 Å². The lowest BCUT2D eigenvalue weighted by Gasteiger charge is -2.43. The van der Waals surface area contributed by atoms with Gasteiger partial charge in [-0.1, -0.05) is 20.8 Å². The van der Waals surface area contributed by atoms with Gasteiger partial charge in [-0.2, -0.15) is 0 Å². The Hall–Kier alpha value is -1.30. The number of nitrogens with zero attached hydrogens (tertiary/aromatic N) is 3. The first-order chi connectivity index (χ1) is 9.79. The zero-order chi connectivity index (χ0) is 15.6. The number of likely N-dealkylation sites (tertiary alicyclic amines) is 1. The summed E-state index contributed by atoms with van der Waals surface area (Å²) < 4.78 is 0. The molecule has 2 saturated heterocycles. The molecule has 0 atom stereocenters. The van der Waals surface area contributed by atoms with Crippen molar-refractivity contribution in [3.63, 3.8) is 0 Å². The van der Waals surface area contributed by atoms with Gasteiger partial charge < -0.3 is 15.5 Å². The first-order valence-corrected chi connectivity index (χ1v) is 7.87. The Bertz CT molecular complexity index is 389. The Morgan fingerprint density at radius 1 is 0.905 bits per heavy atom. The number of piperazine rings is 1. The molecule has 0 bridgehead atoms. The number of carbonyl (C=O) groups excluding carboxylic acids is 2. The molecule has 0 unspecified atom stereocenters. The van der Waals surface area contributed by atoms with Crippen molar-refractivity contribution in [2.75, 3.05) is 39.3 Å². The lowest BCUT2D eigenvalue weighted by atomic mass is 9.94. The van der Waals surface area contributed by atoms with Crippen molar-refractivity contribution in [3.05, 3.63) is 0 Å². The SMILES string of the molecule is CC(C)(C)C(=O)N1CCN(C2CCN(C(N)=O)CC2)CC1. The second-order valence-electron chi connectivity index (χ2n) is 7.13. The summed E-state index contributed by atoms with van der Waals surface area (Å²) in [5, 5.41) is 0. The first kappa shape index (κ1) is 16.1. The van der Waals surface area contributed by atoms with Gasteiger partial charge in [-0.15, -0.1) is 0 Å². The van der Waals surface area contributed by atoms with Gasteiger partial charge in [0.1, 0.15) is 0 Å². The number of piperidine rings is 1. The van der Waals surface area contributed by atoms with E-state index in [2.05, 4.69) is 4.90 Å². The monoisotopic (exact) mass is 296 g/mol. The number of primary amides is 1. The zero-order valence-electron chi connectivity index (χ0n) is 13.5. The maximum absolute atomic E-state index is 12.3. The van der Waals surface area contributed by atoms with Gasteiger partial charge in [0, 0.05) is 50.7 Å². The highest BCUT2D eigenvalue weighted by Gasteiger charge is 2.32. The minimum absolute atomic E-state index is 0.241. The summed E-state index contributed by atoms with van der Waals surface area (Å²) >= 11 is 0. The van der Waals surface area contributed by atoms with Gasteiger partial charge in [-0.05, 0) is 12.8 Å². The van der Waals surface area contributed by atoms with Crippen LogP contribution in [-0.2, 0) is 4.79 Å². The Kier molecular flexibility index (Phi) is 4.76. The topological polar surface area (TPSA) is 69.9 Å². The van der Waals surface area contributed by atoms with Crippen LogP contribution in [0.5, 0.6) is 0 Å². The molecule has 2 aliphatic heterocycles. The molecule has 0 spiro atoms. The van der Waals surface area contributed by atoms with E-state index >= 15 is 0 Å². The van der Waals surface area contributed by atoms with E-state index in [1.807, 2.05) is 25.7 Å². The number of urea groups is 1. The summed E-state index contributed by atoms with van der Waals surface area (Å²) in [5.41, 5.74) is 5.02. The number of rotatable bonds is 1. The van der Waals surface area contributed by atoms with Crippen molar-refractivity contribution in [1.29, 1.82) is 0 Å². The van der Waals surface area contributed by atoms with E-state index in [0.29, 0.717) is 6.04 Å². The average molecular weight is 296 g/mol. The molecule has 2 aliphatic rings. The molecule has 0 aliphatic carbocycles. The lowest BCUT2D eigenvalue weighted by Crippen LogP contribution is -2.56. The molecule has 0 aromatic heterocycles. The number of carbonyl (C=O) groups is 2. The largest absolute Gasteiger partial charge is 0.351 e. The molecule has 2 N–H and O–H groups in total. The summed E-state index contributed by atoms with van der Waals surface area (Å²) in [4.78, 5) is 29.6. The van der Waals surface area contributed by atoms with Gasteiger partial charge in [0.25, 0.3) is 0 Å². The molecule has 2 heterocycles. The first-order valence-electron chi connectivity index (χ1n) is 7.87. The fourth-order valence-corrected chi connectivity index (χ4v) is 3.22. The standard InChI is InChI=1S/C15H28N4O2/c1-15(2,3)13(20)18-10-8-17(9-11-18)12-4-6-19(7-5-12)14(16)21/h12H,4-11H2,1-3H3,(H2,16,21). The highest BCUT2D eigenvalue weighted by molar-refractivity contribution is 5.81.